The second kappa shape index (κ2) is 6.50. The molecule has 1 N–H and O–H groups in total. The Labute approximate surface area is 148 Å². The van der Waals surface area contributed by atoms with Crippen LogP contribution in [0.1, 0.15) is 32.3 Å². The monoisotopic (exact) mass is 346 g/mol. The SMILES string of the molecule is C[C@@H]1CN(C(=O)Nc2cccc3c2OCCC3)C[C@@]2(CCO[C@@H]2C)O1. The van der Waals surface area contributed by atoms with Crippen LogP contribution in [0.2, 0.25) is 0 Å². The van der Waals surface area contributed by atoms with Gasteiger partial charge in [0.25, 0.3) is 0 Å². The van der Waals surface area contributed by atoms with Gasteiger partial charge in [0.1, 0.15) is 11.4 Å². The van der Waals surface area contributed by atoms with Crippen molar-refractivity contribution in [3.05, 3.63) is 23.8 Å². The smallest absolute Gasteiger partial charge is 0.322 e. The van der Waals surface area contributed by atoms with E-state index in [0.29, 0.717) is 26.3 Å². The first-order valence-electron chi connectivity index (χ1n) is 9.17. The minimum absolute atomic E-state index is 0.00151. The fourth-order valence-electron chi connectivity index (χ4n) is 4.14. The van der Waals surface area contributed by atoms with Crippen molar-refractivity contribution in [3.63, 3.8) is 0 Å². The summed E-state index contributed by atoms with van der Waals surface area (Å²) in [6.07, 6.45) is 2.83. The van der Waals surface area contributed by atoms with Crippen molar-refractivity contribution in [2.45, 2.75) is 50.9 Å². The van der Waals surface area contributed by atoms with Gasteiger partial charge < -0.3 is 24.4 Å². The number of para-hydroxylation sites is 1. The van der Waals surface area contributed by atoms with E-state index in [1.165, 1.54) is 0 Å². The summed E-state index contributed by atoms with van der Waals surface area (Å²) < 4.78 is 17.7. The average molecular weight is 346 g/mol. The van der Waals surface area contributed by atoms with E-state index in [4.69, 9.17) is 14.2 Å². The van der Waals surface area contributed by atoms with Crippen molar-refractivity contribution in [2.24, 2.45) is 0 Å². The van der Waals surface area contributed by atoms with Gasteiger partial charge in [0.15, 0.2) is 0 Å². The van der Waals surface area contributed by atoms with Crippen molar-refractivity contribution < 1.29 is 19.0 Å². The van der Waals surface area contributed by atoms with Gasteiger partial charge in [0.05, 0.1) is 31.0 Å². The van der Waals surface area contributed by atoms with Gasteiger partial charge in [-0.25, -0.2) is 4.79 Å². The predicted octanol–water partition coefficient (Wildman–Crippen LogP) is 2.81. The molecule has 0 radical (unpaired) electrons. The van der Waals surface area contributed by atoms with E-state index in [2.05, 4.69) is 11.4 Å². The Kier molecular flexibility index (Phi) is 4.33. The maximum atomic E-state index is 12.9. The van der Waals surface area contributed by atoms with Crippen LogP contribution in [0, 0.1) is 0 Å². The summed E-state index contributed by atoms with van der Waals surface area (Å²) in [6.45, 7) is 6.56. The van der Waals surface area contributed by atoms with E-state index in [0.717, 1.165) is 36.3 Å². The first-order chi connectivity index (χ1) is 12.1. The molecule has 2 amide bonds. The summed E-state index contributed by atoms with van der Waals surface area (Å²) in [4.78, 5) is 14.8. The Morgan fingerprint density at radius 2 is 2.20 bits per heavy atom. The van der Waals surface area contributed by atoms with Crippen LogP contribution in [-0.2, 0) is 15.9 Å². The van der Waals surface area contributed by atoms with Crippen molar-refractivity contribution in [2.75, 3.05) is 31.6 Å². The molecule has 3 heterocycles. The zero-order chi connectivity index (χ0) is 17.4. The van der Waals surface area contributed by atoms with Gasteiger partial charge in [0, 0.05) is 19.6 Å². The van der Waals surface area contributed by atoms with Crippen molar-refractivity contribution in [3.8, 4) is 5.75 Å². The molecule has 0 aromatic heterocycles. The van der Waals surface area contributed by atoms with Gasteiger partial charge in [-0.05, 0) is 38.3 Å². The molecule has 1 aromatic carbocycles. The fourth-order valence-corrected chi connectivity index (χ4v) is 4.14. The summed E-state index contributed by atoms with van der Waals surface area (Å²) in [6, 6.07) is 5.84. The largest absolute Gasteiger partial charge is 0.491 e. The topological polar surface area (TPSA) is 60.0 Å². The van der Waals surface area contributed by atoms with Crippen LogP contribution in [0.15, 0.2) is 18.2 Å². The minimum atomic E-state index is -0.387. The number of fused-ring (bicyclic) bond motifs is 1. The first-order valence-corrected chi connectivity index (χ1v) is 9.17. The van der Waals surface area contributed by atoms with Crippen LogP contribution < -0.4 is 10.1 Å². The number of aryl methyl sites for hydroxylation is 1. The molecule has 0 unspecified atom stereocenters. The fraction of sp³-hybridized carbons (Fsp3) is 0.632. The summed E-state index contributed by atoms with van der Waals surface area (Å²) in [5.74, 6) is 0.815. The van der Waals surface area contributed by atoms with Gasteiger partial charge in [-0.15, -0.1) is 0 Å². The number of urea groups is 1. The lowest BCUT2D eigenvalue weighted by atomic mass is 9.93. The zero-order valence-electron chi connectivity index (χ0n) is 14.9. The Hall–Kier alpha value is -1.79. The van der Waals surface area contributed by atoms with Crippen LogP contribution in [0.25, 0.3) is 0 Å². The van der Waals surface area contributed by atoms with E-state index in [1.807, 2.05) is 30.9 Å². The summed E-state index contributed by atoms with van der Waals surface area (Å²) in [5.41, 5.74) is 1.53. The summed E-state index contributed by atoms with van der Waals surface area (Å²) >= 11 is 0. The molecule has 3 atom stereocenters. The highest BCUT2D eigenvalue weighted by atomic mass is 16.6. The third-order valence-electron chi connectivity index (χ3n) is 5.47. The second-order valence-electron chi connectivity index (χ2n) is 7.31. The van der Waals surface area contributed by atoms with Gasteiger partial charge in [0.2, 0.25) is 0 Å². The predicted molar refractivity (Wildman–Crippen MR) is 94.2 cm³/mol. The molecule has 0 bridgehead atoms. The quantitative estimate of drug-likeness (QED) is 0.849. The molecule has 136 valence electrons. The van der Waals surface area contributed by atoms with Gasteiger partial charge in [-0.3, -0.25) is 0 Å². The number of nitrogens with zero attached hydrogens (tertiary/aromatic N) is 1. The molecule has 1 aromatic rings. The van der Waals surface area contributed by atoms with Crippen LogP contribution in [0.5, 0.6) is 5.75 Å². The molecule has 0 saturated carbocycles. The van der Waals surface area contributed by atoms with E-state index >= 15 is 0 Å². The number of rotatable bonds is 1. The number of ether oxygens (including phenoxy) is 3. The molecule has 4 rings (SSSR count). The summed E-state index contributed by atoms with van der Waals surface area (Å²) in [7, 11) is 0. The maximum Gasteiger partial charge on any atom is 0.322 e. The lowest BCUT2D eigenvalue weighted by molar-refractivity contribution is -0.159. The molecular weight excluding hydrogens is 320 g/mol. The molecule has 3 aliphatic heterocycles. The number of nitrogens with one attached hydrogen (secondary N) is 1. The number of carbonyl (C=O) groups is 1. The normalized spacial score (nSPS) is 31.5. The lowest BCUT2D eigenvalue weighted by Gasteiger charge is -2.45. The Morgan fingerprint density at radius 1 is 1.32 bits per heavy atom. The molecule has 6 nitrogen and oxygen atoms in total. The maximum absolute atomic E-state index is 12.9. The molecule has 2 saturated heterocycles. The molecule has 6 heteroatoms. The highest BCUT2D eigenvalue weighted by molar-refractivity contribution is 5.91. The first kappa shape index (κ1) is 16.7. The zero-order valence-corrected chi connectivity index (χ0v) is 14.9. The number of amides is 2. The van der Waals surface area contributed by atoms with E-state index in [9.17, 15) is 4.79 Å². The van der Waals surface area contributed by atoms with Crippen molar-refractivity contribution >= 4 is 11.7 Å². The molecule has 1 spiro atoms. The van der Waals surface area contributed by atoms with Gasteiger partial charge in [-0.2, -0.15) is 0 Å². The summed E-state index contributed by atoms with van der Waals surface area (Å²) in [5, 5.41) is 3.05. The van der Waals surface area contributed by atoms with Gasteiger partial charge >= 0.3 is 6.03 Å². The van der Waals surface area contributed by atoms with E-state index in [-0.39, 0.29) is 23.8 Å². The van der Waals surface area contributed by atoms with Crippen molar-refractivity contribution in [1.82, 2.24) is 4.90 Å². The minimum Gasteiger partial charge on any atom is -0.491 e. The standard InChI is InChI=1S/C19H26N2O4/c1-13-11-21(12-19(25-13)8-10-23-14(19)2)18(22)20-16-7-3-5-15-6-4-9-24-17(15)16/h3,5,7,13-14H,4,6,8-12H2,1-2H3,(H,20,22)/t13-,14-,19-/m1/s1. The highest BCUT2D eigenvalue weighted by Gasteiger charge is 2.48. The molecule has 3 aliphatic rings. The van der Waals surface area contributed by atoms with E-state index in [1.54, 1.807) is 0 Å². The number of anilines is 1. The molecule has 25 heavy (non-hydrogen) atoms. The van der Waals surface area contributed by atoms with E-state index < -0.39 is 0 Å². The Balaban J connectivity index is 1.51. The Morgan fingerprint density at radius 3 is 3.00 bits per heavy atom. The second-order valence-corrected chi connectivity index (χ2v) is 7.31. The average Bonchev–Trinajstić information content (AvgIpc) is 2.94. The third kappa shape index (κ3) is 3.09. The van der Waals surface area contributed by atoms with Crippen LogP contribution in [0.4, 0.5) is 10.5 Å². The molecular formula is C19H26N2O4. The molecule has 2 fully saturated rings. The molecule has 0 aliphatic carbocycles. The van der Waals surface area contributed by atoms with Crippen LogP contribution in [0.3, 0.4) is 0 Å². The number of carbonyl (C=O) groups excluding carboxylic acids is 1. The van der Waals surface area contributed by atoms with Gasteiger partial charge in [-0.1, -0.05) is 12.1 Å². The van der Waals surface area contributed by atoms with Crippen LogP contribution >= 0.6 is 0 Å². The number of morpholine rings is 1. The number of hydrogen-bond acceptors (Lipinski definition) is 4. The highest BCUT2D eigenvalue weighted by Crippen LogP contribution is 2.36. The van der Waals surface area contributed by atoms with Crippen molar-refractivity contribution in [1.29, 1.82) is 0 Å². The number of benzene rings is 1. The third-order valence-corrected chi connectivity index (χ3v) is 5.47. The number of hydrogen-bond donors (Lipinski definition) is 1. The van der Waals surface area contributed by atoms with Crippen LogP contribution in [-0.4, -0.2) is 55.0 Å². The lowest BCUT2D eigenvalue weighted by Crippen LogP contribution is -2.60. The Bertz CT molecular complexity index is 665.